The van der Waals surface area contributed by atoms with Gasteiger partial charge in [-0.3, -0.25) is 0 Å². The molecule has 1 N–H and O–H groups in total. The van der Waals surface area contributed by atoms with E-state index >= 15 is 0 Å². The lowest BCUT2D eigenvalue weighted by atomic mass is 9.74. The molecule has 0 bridgehead atoms. The predicted molar refractivity (Wildman–Crippen MR) is 120 cm³/mol. The molecule has 182 valence electrons. The summed E-state index contributed by atoms with van der Waals surface area (Å²) in [4.78, 5) is 6.27. The summed E-state index contributed by atoms with van der Waals surface area (Å²) in [6, 6.07) is 10.7. The largest absolute Gasteiger partial charge is 0.416 e. The molecule has 0 aliphatic carbocycles. The van der Waals surface area contributed by atoms with Crippen LogP contribution in [0.5, 0.6) is 0 Å². The number of hydrogen-bond acceptors (Lipinski definition) is 5. The number of anilines is 1. The molecule has 0 atom stereocenters. The zero-order valence-electron chi connectivity index (χ0n) is 18.9. The van der Waals surface area contributed by atoms with Crippen LogP contribution in [0.1, 0.15) is 42.5 Å². The fraction of sp³-hybridized carbons (Fsp3) is 0.520. The van der Waals surface area contributed by atoms with Crippen molar-refractivity contribution < 1.29 is 22.3 Å². The minimum absolute atomic E-state index is 0.0536. The third kappa shape index (κ3) is 5.68. The Morgan fingerprint density at radius 2 is 1.79 bits per heavy atom. The lowest BCUT2D eigenvalue weighted by molar-refractivity contribution is -0.137. The molecule has 2 saturated heterocycles. The van der Waals surface area contributed by atoms with Crippen LogP contribution in [0.2, 0.25) is 0 Å². The predicted octanol–water partition coefficient (Wildman–Crippen LogP) is 4.82. The molecule has 0 saturated carbocycles. The van der Waals surface area contributed by atoms with Gasteiger partial charge in [-0.25, -0.2) is 9.37 Å². The van der Waals surface area contributed by atoms with E-state index in [2.05, 4.69) is 16.4 Å². The highest BCUT2D eigenvalue weighted by molar-refractivity contribution is 5.44. The third-order valence-corrected chi connectivity index (χ3v) is 6.84. The van der Waals surface area contributed by atoms with E-state index in [4.69, 9.17) is 10.00 Å². The van der Waals surface area contributed by atoms with Gasteiger partial charge in [0.15, 0.2) is 0 Å². The Labute approximate surface area is 196 Å². The number of aromatic nitrogens is 1. The maximum atomic E-state index is 13.6. The molecule has 1 aromatic carbocycles. The molecule has 3 heterocycles. The van der Waals surface area contributed by atoms with E-state index in [1.54, 1.807) is 17.0 Å². The molecule has 0 radical (unpaired) electrons. The first-order valence-corrected chi connectivity index (χ1v) is 11.6. The number of benzene rings is 1. The van der Waals surface area contributed by atoms with Gasteiger partial charge in [0.25, 0.3) is 0 Å². The van der Waals surface area contributed by atoms with Gasteiger partial charge in [0.2, 0.25) is 0 Å². The average molecular weight is 477 g/mol. The first-order valence-electron chi connectivity index (χ1n) is 11.6. The van der Waals surface area contributed by atoms with E-state index in [1.165, 1.54) is 12.1 Å². The summed E-state index contributed by atoms with van der Waals surface area (Å²) >= 11 is 0. The van der Waals surface area contributed by atoms with Crippen molar-refractivity contribution >= 4 is 5.82 Å². The van der Waals surface area contributed by atoms with E-state index in [0.29, 0.717) is 32.5 Å². The molecule has 0 spiro atoms. The zero-order chi connectivity index (χ0) is 24.2. The molecule has 9 heteroatoms. The van der Waals surface area contributed by atoms with Crippen molar-refractivity contribution in [2.75, 3.05) is 37.7 Å². The van der Waals surface area contributed by atoms with E-state index in [9.17, 15) is 17.6 Å². The highest BCUT2D eigenvalue weighted by Crippen LogP contribution is 2.35. The summed E-state index contributed by atoms with van der Waals surface area (Å²) in [5.74, 6) is -0.120. The number of nitriles is 1. The molecule has 0 unspecified atom stereocenters. The molecule has 1 aromatic heterocycles. The van der Waals surface area contributed by atoms with Crippen LogP contribution >= 0.6 is 0 Å². The Kier molecular flexibility index (Phi) is 7.39. The summed E-state index contributed by atoms with van der Waals surface area (Å²) in [5.41, 5.74) is 0.0975. The van der Waals surface area contributed by atoms with Gasteiger partial charge in [0, 0.05) is 24.4 Å². The minimum atomic E-state index is -4.50. The molecule has 2 fully saturated rings. The second-order valence-electron chi connectivity index (χ2n) is 9.12. The molecule has 5 nitrogen and oxygen atoms in total. The maximum absolute atomic E-state index is 13.6. The SMILES string of the molecule is N#CC1CCN(c2cc(C(F)(F)F)cc(COCC3(c4ccc(F)cc4)CCNCC3)n2)CC1. The highest BCUT2D eigenvalue weighted by atomic mass is 19.4. The number of hydrogen-bond donors (Lipinski definition) is 1. The van der Waals surface area contributed by atoms with Gasteiger partial charge in [-0.1, -0.05) is 12.1 Å². The Hall–Kier alpha value is -2.70. The van der Waals surface area contributed by atoms with Crippen LogP contribution < -0.4 is 10.2 Å². The number of ether oxygens (including phenoxy) is 1. The Morgan fingerprint density at radius 3 is 2.41 bits per heavy atom. The van der Waals surface area contributed by atoms with Crippen LogP contribution in [0.3, 0.4) is 0 Å². The second kappa shape index (κ2) is 10.3. The number of rotatable bonds is 6. The fourth-order valence-electron chi connectivity index (χ4n) is 4.79. The van der Waals surface area contributed by atoms with Crippen molar-refractivity contribution in [1.82, 2.24) is 10.3 Å². The summed E-state index contributed by atoms with van der Waals surface area (Å²) in [6.07, 6.45) is -1.72. The van der Waals surface area contributed by atoms with Crippen LogP contribution in [0.15, 0.2) is 36.4 Å². The van der Waals surface area contributed by atoms with Gasteiger partial charge >= 0.3 is 6.18 Å². The van der Waals surface area contributed by atoms with Gasteiger partial charge in [-0.2, -0.15) is 18.4 Å². The lowest BCUT2D eigenvalue weighted by Gasteiger charge is -2.38. The van der Waals surface area contributed by atoms with Gasteiger partial charge < -0.3 is 15.0 Å². The van der Waals surface area contributed by atoms with E-state index < -0.39 is 11.7 Å². The number of nitrogens with zero attached hydrogens (tertiary/aromatic N) is 3. The smallest absolute Gasteiger partial charge is 0.374 e. The van der Waals surface area contributed by atoms with Crippen molar-refractivity contribution in [3.05, 3.63) is 59.0 Å². The number of alkyl halides is 3. The maximum Gasteiger partial charge on any atom is 0.416 e. The topological polar surface area (TPSA) is 61.2 Å². The molecule has 2 aliphatic heterocycles. The van der Waals surface area contributed by atoms with E-state index in [0.717, 1.165) is 43.6 Å². The van der Waals surface area contributed by atoms with Crippen LogP contribution in [-0.2, 0) is 22.9 Å². The summed E-state index contributed by atoms with van der Waals surface area (Å²) < 4.78 is 60.2. The molecule has 2 aliphatic rings. The molecule has 4 rings (SSSR count). The summed E-state index contributed by atoms with van der Waals surface area (Å²) in [6.45, 7) is 2.81. The zero-order valence-corrected chi connectivity index (χ0v) is 18.9. The van der Waals surface area contributed by atoms with Crippen molar-refractivity contribution in [1.29, 1.82) is 5.26 Å². The average Bonchev–Trinajstić information content (AvgIpc) is 2.84. The molecular formula is C25H28F4N4O. The van der Waals surface area contributed by atoms with Gasteiger partial charge in [0.1, 0.15) is 11.6 Å². The van der Waals surface area contributed by atoms with Crippen LogP contribution in [0.25, 0.3) is 0 Å². The lowest BCUT2D eigenvalue weighted by Crippen LogP contribution is -2.43. The molecule has 0 amide bonds. The molecule has 2 aromatic rings. The number of nitrogens with one attached hydrogen (secondary N) is 1. The normalized spacial score (nSPS) is 19.1. The summed E-state index contributed by atoms with van der Waals surface area (Å²) in [7, 11) is 0. The van der Waals surface area contributed by atoms with Crippen LogP contribution in [0, 0.1) is 23.1 Å². The quantitative estimate of drug-likeness (QED) is 0.606. The Morgan fingerprint density at radius 1 is 1.12 bits per heavy atom. The van der Waals surface area contributed by atoms with Gasteiger partial charge in [-0.05, 0) is 68.6 Å². The van der Waals surface area contributed by atoms with Gasteiger partial charge in [-0.15, -0.1) is 0 Å². The fourth-order valence-corrected chi connectivity index (χ4v) is 4.79. The van der Waals surface area contributed by atoms with Crippen molar-refractivity contribution in [2.45, 2.75) is 43.9 Å². The second-order valence-corrected chi connectivity index (χ2v) is 9.12. The number of piperidine rings is 2. The molecular weight excluding hydrogens is 448 g/mol. The highest BCUT2D eigenvalue weighted by Gasteiger charge is 2.35. The molecule has 34 heavy (non-hydrogen) atoms. The Bertz CT molecular complexity index is 1010. The third-order valence-electron chi connectivity index (χ3n) is 6.84. The monoisotopic (exact) mass is 476 g/mol. The Balaban J connectivity index is 1.51. The van der Waals surface area contributed by atoms with E-state index in [1.807, 2.05) is 0 Å². The first kappa shape index (κ1) is 24.4. The van der Waals surface area contributed by atoms with Crippen LogP contribution in [0.4, 0.5) is 23.4 Å². The van der Waals surface area contributed by atoms with Crippen molar-refractivity contribution in [3.8, 4) is 6.07 Å². The van der Waals surface area contributed by atoms with Crippen LogP contribution in [-0.4, -0.2) is 37.8 Å². The number of pyridine rings is 1. The van der Waals surface area contributed by atoms with Gasteiger partial charge in [0.05, 0.1) is 30.5 Å². The number of halogens is 4. The first-order chi connectivity index (χ1) is 16.3. The standard InChI is InChI=1S/C25H28F4N4O/c26-21-3-1-19(2-4-21)24(7-9-31-10-8-24)17-34-16-22-13-20(25(27,28)29)14-23(32-22)33-11-5-18(15-30)6-12-33/h1-4,13-14,18,31H,5-12,16-17H2. The van der Waals surface area contributed by atoms with E-state index in [-0.39, 0.29) is 35.3 Å². The minimum Gasteiger partial charge on any atom is -0.374 e. The van der Waals surface area contributed by atoms with Crippen molar-refractivity contribution in [2.24, 2.45) is 5.92 Å². The summed E-state index contributed by atoms with van der Waals surface area (Å²) in [5, 5.41) is 12.4. The van der Waals surface area contributed by atoms with Crippen molar-refractivity contribution in [3.63, 3.8) is 0 Å².